The molecule has 0 bridgehead atoms. The van der Waals surface area contributed by atoms with Crippen LogP contribution in [0.1, 0.15) is 26.7 Å². The zero-order valence-corrected chi connectivity index (χ0v) is 11.8. The van der Waals surface area contributed by atoms with Gasteiger partial charge in [-0.25, -0.2) is 4.79 Å². The molecule has 1 unspecified atom stereocenters. The molecule has 108 valence electrons. The molecule has 0 heterocycles. The molecule has 1 aliphatic carbocycles. The molecule has 1 aliphatic rings. The maximum absolute atomic E-state index is 12.3. The van der Waals surface area contributed by atoms with Crippen LogP contribution >= 0.6 is 0 Å². The number of anilines is 1. The molecule has 1 atom stereocenters. The van der Waals surface area contributed by atoms with Gasteiger partial charge in [-0.2, -0.15) is 0 Å². The monoisotopic (exact) mass is 276 g/mol. The van der Waals surface area contributed by atoms with Crippen molar-refractivity contribution in [3.63, 3.8) is 0 Å². The van der Waals surface area contributed by atoms with Crippen molar-refractivity contribution in [3.8, 4) is 0 Å². The van der Waals surface area contributed by atoms with E-state index in [1.807, 2.05) is 18.2 Å². The smallest absolute Gasteiger partial charge is 0.322 e. The minimum atomic E-state index is -0.912. The van der Waals surface area contributed by atoms with Crippen LogP contribution in [0, 0.1) is 5.41 Å². The zero-order chi connectivity index (χ0) is 14.8. The fourth-order valence-electron chi connectivity index (χ4n) is 2.10. The van der Waals surface area contributed by atoms with Gasteiger partial charge in [-0.1, -0.05) is 32.0 Å². The quantitative estimate of drug-likeness (QED) is 0.868. The minimum Gasteiger partial charge on any atom is -0.481 e. The molecular weight excluding hydrogens is 256 g/mol. The highest BCUT2D eigenvalue weighted by molar-refractivity contribution is 5.92. The number of nitrogens with one attached hydrogen (secondary N) is 1. The van der Waals surface area contributed by atoms with Gasteiger partial charge in [0.1, 0.15) is 0 Å². The van der Waals surface area contributed by atoms with Crippen LogP contribution in [-0.2, 0) is 4.79 Å². The van der Waals surface area contributed by atoms with E-state index >= 15 is 0 Å². The van der Waals surface area contributed by atoms with Crippen molar-refractivity contribution in [2.75, 3.05) is 11.4 Å². The third kappa shape index (κ3) is 3.50. The van der Waals surface area contributed by atoms with Crippen molar-refractivity contribution in [1.82, 2.24) is 5.32 Å². The first-order chi connectivity index (χ1) is 9.40. The van der Waals surface area contributed by atoms with Gasteiger partial charge in [0, 0.05) is 18.3 Å². The van der Waals surface area contributed by atoms with E-state index in [2.05, 4.69) is 19.2 Å². The number of benzene rings is 1. The van der Waals surface area contributed by atoms with E-state index in [1.54, 1.807) is 12.1 Å². The molecule has 1 fully saturated rings. The lowest BCUT2D eigenvalue weighted by atomic mass is 10.2. The van der Waals surface area contributed by atoms with E-state index < -0.39 is 5.97 Å². The van der Waals surface area contributed by atoms with Gasteiger partial charge in [-0.15, -0.1) is 0 Å². The highest BCUT2D eigenvalue weighted by Crippen LogP contribution is 2.44. The molecule has 1 saturated carbocycles. The number of urea groups is 1. The molecule has 2 N–H and O–H groups in total. The Morgan fingerprint density at radius 2 is 1.95 bits per heavy atom. The maximum atomic E-state index is 12.3. The Morgan fingerprint density at radius 3 is 2.45 bits per heavy atom. The zero-order valence-electron chi connectivity index (χ0n) is 11.8. The molecular formula is C15H20N2O3. The lowest BCUT2D eigenvalue weighted by Crippen LogP contribution is -2.43. The van der Waals surface area contributed by atoms with Crippen LogP contribution < -0.4 is 10.2 Å². The molecule has 0 radical (unpaired) electrons. The maximum Gasteiger partial charge on any atom is 0.322 e. The fourth-order valence-corrected chi connectivity index (χ4v) is 2.10. The number of amides is 2. The van der Waals surface area contributed by atoms with E-state index in [1.165, 1.54) is 4.90 Å². The van der Waals surface area contributed by atoms with E-state index in [-0.39, 0.29) is 30.5 Å². The van der Waals surface area contributed by atoms with Gasteiger partial charge in [-0.3, -0.25) is 9.69 Å². The van der Waals surface area contributed by atoms with Crippen molar-refractivity contribution in [2.45, 2.75) is 32.7 Å². The first-order valence-electron chi connectivity index (χ1n) is 6.75. The number of para-hydroxylation sites is 1. The summed E-state index contributed by atoms with van der Waals surface area (Å²) in [6, 6.07) is 9.08. The van der Waals surface area contributed by atoms with E-state index in [9.17, 15) is 9.59 Å². The van der Waals surface area contributed by atoms with Crippen LogP contribution in [-0.4, -0.2) is 29.7 Å². The predicted octanol–water partition coefficient (Wildman–Crippen LogP) is 2.48. The van der Waals surface area contributed by atoms with E-state index in [4.69, 9.17) is 5.11 Å². The predicted molar refractivity (Wildman–Crippen MR) is 76.8 cm³/mol. The number of nitrogens with zero attached hydrogens (tertiary/aromatic N) is 1. The summed E-state index contributed by atoms with van der Waals surface area (Å²) < 4.78 is 0. The van der Waals surface area contributed by atoms with Gasteiger partial charge in [0.25, 0.3) is 0 Å². The molecule has 5 nitrogen and oxygen atoms in total. The number of carbonyl (C=O) groups is 2. The van der Waals surface area contributed by atoms with Gasteiger partial charge in [0.2, 0.25) is 0 Å². The van der Waals surface area contributed by atoms with Crippen LogP contribution in [0.5, 0.6) is 0 Å². The van der Waals surface area contributed by atoms with Crippen molar-refractivity contribution in [1.29, 1.82) is 0 Å². The number of carbonyl (C=O) groups excluding carboxylic acids is 1. The third-order valence-corrected chi connectivity index (χ3v) is 3.67. The number of hydrogen-bond acceptors (Lipinski definition) is 2. The molecule has 2 rings (SSSR count). The first-order valence-corrected chi connectivity index (χ1v) is 6.75. The van der Waals surface area contributed by atoms with Crippen molar-refractivity contribution < 1.29 is 14.7 Å². The summed E-state index contributed by atoms with van der Waals surface area (Å²) in [7, 11) is 0. The highest BCUT2D eigenvalue weighted by atomic mass is 16.4. The Kier molecular flexibility index (Phi) is 3.97. The molecule has 1 aromatic carbocycles. The highest BCUT2D eigenvalue weighted by Gasteiger charge is 2.47. The lowest BCUT2D eigenvalue weighted by molar-refractivity contribution is -0.136. The van der Waals surface area contributed by atoms with Crippen LogP contribution in [0.15, 0.2) is 30.3 Å². The number of rotatable bonds is 5. The summed E-state index contributed by atoms with van der Waals surface area (Å²) in [5, 5.41) is 11.8. The van der Waals surface area contributed by atoms with E-state index in [0.717, 1.165) is 6.42 Å². The normalized spacial score (nSPS) is 19.2. The average molecular weight is 276 g/mol. The van der Waals surface area contributed by atoms with Gasteiger partial charge >= 0.3 is 12.0 Å². The molecule has 2 amide bonds. The van der Waals surface area contributed by atoms with Gasteiger partial charge in [-0.05, 0) is 24.0 Å². The Hall–Kier alpha value is -2.04. The van der Waals surface area contributed by atoms with Gasteiger partial charge < -0.3 is 10.4 Å². The number of hydrogen-bond donors (Lipinski definition) is 2. The molecule has 1 aromatic rings. The standard InChI is InChI=1S/C15H20N2O3/c1-15(2)10-12(15)16-14(20)17(9-8-13(18)19)11-6-4-3-5-7-11/h3-7,12H,8-10H2,1-2H3,(H,16,20)(H,18,19). The van der Waals surface area contributed by atoms with Crippen LogP contribution in [0.25, 0.3) is 0 Å². The van der Waals surface area contributed by atoms with Gasteiger partial charge in [0.15, 0.2) is 0 Å². The molecule has 0 saturated heterocycles. The first kappa shape index (κ1) is 14.4. The number of carboxylic acid groups (broad SMARTS) is 1. The Labute approximate surface area is 118 Å². The summed E-state index contributed by atoms with van der Waals surface area (Å²) in [5.41, 5.74) is 0.856. The topological polar surface area (TPSA) is 69.6 Å². The Balaban J connectivity index is 2.06. The van der Waals surface area contributed by atoms with Crippen LogP contribution in [0.2, 0.25) is 0 Å². The van der Waals surface area contributed by atoms with Crippen LogP contribution in [0.4, 0.5) is 10.5 Å². The van der Waals surface area contributed by atoms with Gasteiger partial charge in [0.05, 0.1) is 6.42 Å². The molecule has 5 heteroatoms. The Bertz CT molecular complexity index is 499. The lowest BCUT2D eigenvalue weighted by Gasteiger charge is -2.23. The fraction of sp³-hybridized carbons (Fsp3) is 0.467. The summed E-state index contributed by atoms with van der Waals surface area (Å²) >= 11 is 0. The number of carboxylic acids is 1. The van der Waals surface area contributed by atoms with E-state index in [0.29, 0.717) is 5.69 Å². The molecule has 0 spiro atoms. The second kappa shape index (κ2) is 5.53. The molecule has 0 aromatic heterocycles. The summed E-state index contributed by atoms with van der Waals surface area (Å²) in [5.74, 6) is -0.912. The summed E-state index contributed by atoms with van der Waals surface area (Å²) in [6.07, 6.45) is 0.886. The third-order valence-electron chi connectivity index (χ3n) is 3.67. The van der Waals surface area contributed by atoms with Crippen molar-refractivity contribution in [2.24, 2.45) is 5.41 Å². The molecule has 20 heavy (non-hydrogen) atoms. The number of aliphatic carboxylic acids is 1. The minimum absolute atomic E-state index is 0.0730. The second-order valence-corrected chi connectivity index (χ2v) is 5.83. The van der Waals surface area contributed by atoms with Crippen molar-refractivity contribution >= 4 is 17.7 Å². The largest absolute Gasteiger partial charge is 0.481 e. The molecule has 0 aliphatic heterocycles. The van der Waals surface area contributed by atoms with Crippen LogP contribution in [0.3, 0.4) is 0 Å². The average Bonchev–Trinajstić information content (AvgIpc) is 2.97. The summed E-state index contributed by atoms with van der Waals surface area (Å²) in [6.45, 7) is 4.36. The summed E-state index contributed by atoms with van der Waals surface area (Å²) in [4.78, 5) is 24.5. The van der Waals surface area contributed by atoms with Crippen molar-refractivity contribution in [3.05, 3.63) is 30.3 Å². The Morgan fingerprint density at radius 1 is 1.35 bits per heavy atom. The second-order valence-electron chi connectivity index (χ2n) is 5.83. The SMILES string of the molecule is CC1(C)CC1NC(=O)N(CCC(=O)O)c1ccccc1.